The number of carbonyl (C=O) groups is 2. The number of hydrogen-bond acceptors (Lipinski definition) is 3. The Morgan fingerprint density at radius 1 is 1.35 bits per heavy atom. The Kier molecular flexibility index (Phi) is 5.21. The van der Waals surface area contributed by atoms with Crippen LogP contribution in [0.2, 0.25) is 0 Å². The van der Waals surface area contributed by atoms with Crippen molar-refractivity contribution in [1.82, 2.24) is 10.6 Å². The molecule has 1 aromatic rings. The lowest BCUT2D eigenvalue weighted by Gasteiger charge is -2.25. The van der Waals surface area contributed by atoms with Crippen LogP contribution in [0.15, 0.2) is 24.3 Å². The van der Waals surface area contributed by atoms with Crippen LogP contribution in [0.4, 0.5) is 4.39 Å². The smallest absolute Gasteiger partial charge is 0.242 e. The Balaban J connectivity index is 2.61. The molecule has 2 atom stereocenters. The van der Waals surface area contributed by atoms with Gasteiger partial charge in [-0.3, -0.25) is 9.59 Å². The molecular weight excluding hydrogens is 263 g/mol. The Bertz CT molecular complexity index is 486. The van der Waals surface area contributed by atoms with Crippen molar-refractivity contribution >= 4 is 11.8 Å². The summed E-state index contributed by atoms with van der Waals surface area (Å²) >= 11 is 0. The monoisotopic (exact) mass is 282 g/mol. The van der Waals surface area contributed by atoms with Gasteiger partial charge in [-0.05, 0) is 31.5 Å². The van der Waals surface area contributed by atoms with Crippen molar-refractivity contribution in [2.24, 2.45) is 0 Å². The van der Waals surface area contributed by atoms with E-state index < -0.39 is 23.4 Å². The van der Waals surface area contributed by atoms with E-state index in [4.69, 9.17) is 0 Å². The molecule has 0 radical (unpaired) electrons. The van der Waals surface area contributed by atoms with Crippen molar-refractivity contribution in [2.45, 2.75) is 32.4 Å². The van der Waals surface area contributed by atoms with Crippen LogP contribution in [0.3, 0.4) is 0 Å². The van der Waals surface area contributed by atoms with Crippen LogP contribution in [0, 0.1) is 5.82 Å². The molecule has 2 amide bonds. The molecule has 20 heavy (non-hydrogen) atoms. The minimum absolute atomic E-state index is 0.0403. The zero-order valence-corrected chi connectivity index (χ0v) is 11.7. The first-order valence-corrected chi connectivity index (χ1v) is 6.25. The molecule has 6 heteroatoms. The quantitative estimate of drug-likeness (QED) is 0.743. The van der Waals surface area contributed by atoms with E-state index in [0.29, 0.717) is 5.56 Å². The zero-order valence-electron chi connectivity index (χ0n) is 11.7. The van der Waals surface area contributed by atoms with Crippen molar-refractivity contribution in [3.8, 4) is 0 Å². The number of amides is 2. The van der Waals surface area contributed by atoms with Crippen LogP contribution in [0.25, 0.3) is 0 Å². The van der Waals surface area contributed by atoms with Crippen LogP contribution in [-0.4, -0.2) is 29.5 Å². The van der Waals surface area contributed by atoms with Crippen molar-refractivity contribution < 1.29 is 19.1 Å². The molecular formula is C14H19FN2O3. The topological polar surface area (TPSA) is 78.4 Å². The molecule has 0 heterocycles. The summed E-state index contributed by atoms with van der Waals surface area (Å²) in [7, 11) is 0. The van der Waals surface area contributed by atoms with Crippen LogP contribution in [-0.2, 0) is 15.2 Å². The Labute approximate surface area is 117 Å². The van der Waals surface area contributed by atoms with Gasteiger partial charge in [0.2, 0.25) is 11.8 Å². The molecule has 0 bridgehead atoms. The third-order valence-corrected chi connectivity index (χ3v) is 2.89. The first kappa shape index (κ1) is 16.1. The molecule has 110 valence electrons. The van der Waals surface area contributed by atoms with Crippen LogP contribution in [0.1, 0.15) is 26.3 Å². The molecule has 0 aromatic heterocycles. The average Bonchev–Trinajstić information content (AvgIpc) is 2.35. The predicted octanol–water partition coefficient (Wildman–Crippen LogP) is 0.674. The Morgan fingerprint density at radius 2 is 1.90 bits per heavy atom. The normalized spacial score (nSPS) is 15.1. The van der Waals surface area contributed by atoms with Gasteiger partial charge in [-0.2, -0.15) is 0 Å². The fourth-order valence-corrected chi connectivity index (χ4v) is 1.69. The molecule has 1 rings (SSSR count). The molecule has 0 aliphatic rings. The van der Waals surface area contributed by atoms with E-state index in [1.54, 1.807) is 6.92 Å². The predicted molar refractivity (Wildman–Crippen MR) is 72.3 cm³/mol. The lowest BCUT2D eigenvalue weighted by Crippen LogP contribution is -2.47. The highest BCUT2D eigenvalue weighted by molar-refractivity contribution is 5.86. The number of benzene rings is 1. The third-order valence-electron chi connectivity index (χ3n) is 2.89. The van der Waals surface area contributed by atoms with Gasteiger partial charge in [0, 0.05) is 6.92 Å². The molecule has 0 saturated heterocycles. The van der Waals surface area contributed by atoms with Gasteiger partial charge in [0.1, 0.15) is 17.5 Å². The minimum Gasteiger partial charge on any atom is -0.384 e. The molecule has 5 nitrogen and oxygen atoms in total. The third kappa shape index (κ3) is 4.62. The van der Waals surface area contributed by atoms with E-state index >= 15 is 0 Å². The lowest BCUT2D eigenvalue weighted by molar-refractivity contribution is -0.128. The number of nitrogens with one attached hydrogen (secondary N) is 2. The van der Waals surface area contributed by atoms with Crippen LogP contribution < -0.4 is 10.6 Å². The van der Waals surface area contributed by atoms with Crippen molar-refractivity contribution in [2.75, 3.05) is 6.54 Å². The summed E-state index contributed by atoms with van der Waals surface area (Å²) in [6.45, 7) is 4.34. The first-order chi connectivity index (χ1) is 9.22. The highest BCUT2D eigenvalue weighted by Crippen LogP contribution is 2.19. The fraction of sp³-hybridized carbons (Fsp3) is 0.429. The van der Waals surface area contributed by atoms with E-state index in [2.05, 4.69) is 10.6 Å². The average molecular weight is 282 g/mol. The van der Waals surface area contributed by atoms with Crippen LogP contribution >= 0.6 is 0 Å². The second kappa shape index (κ2) is 6.47. The minimum atomic E-state index is -1.32. The number of aliphatic hydroxyl groups is 1. The van der Waals surface area contributed by atoms with Crippen LogP contribution in [0.5, 0.6) is 0 Å². The van der Waals surface area contributed by atoms with Crippen molar-refractivity contribution in [1.29, 1.82) is 0 Å². The van der Waals surface area contributed by atoms with Gasteiger partial charge in [0.15, 0.2) is 0 Å². The Hall–Kier alpha value is -1.95. The molecule has 0 saturated carbocycles. The molecule has 3 N–H and O–H groups in total. The van der Waals surface area contributed by atoms with Crippen molar-refractivity contribution in [3.63, 3.8) is 0 Å². The summed E-state index contributed by atoms with van der Waals surface area (Å²) in [5, 5.41) is 15.3. The standard InChI is InChI=1S/C14H19FN2O3/c1-9(17-10(2)18)13(19)16-8-14(3,20)11-4-6-12(15)7-5-11/h4-7,9,20H,8H2,1-3H3,(H,16,19)(H,17,18). The lowest BCUT2D eigenvalue weighted by atomic mass is 9.96. The first-order valence-electron chi connectivity index (χ1n) is 6.25. The molecule has 0 spiro atoms. The summed E-state index contributed by atoms with van der Waals surface area (Å²) in [4.78, 5) is 22.6. The molecule has 0 fully saturated rings. The summed E-state index contributed by atoms with van der Waals surface area (Å²) < 4.78 is 12.8. The zero-order chi connectivity index (χ0) is 15.3. The maximum atomic E-state index is 12.8. The summed E-state index contributed by atoms with van der Waals surface area (Å²) in [6, 6.07) is 4.71. The number of carbonyl (C=O) groups excluding carboxylic acids is 2. The highest BCUT2D eigenvalue weighted by Gasteiger charge is 2.25. The SMILES string of the molecule is CC(=O)NC(C)C(=O)NCC(C)(O)c1ccc(F)cc1. The molecule has 2 unspecified atom stereocenters. The second-order valence-corrected chi connectivity index (χ2v) is 4.92. The molecule has 1 aromatic carbocycles. The van der Waals surface area contributed by atoms with E-state index in [1.165, 1.54) is 38.1 Å². The molecule has 0 aliphatic heterocycles. The summed E-state index contributed by atoms with van der Waals surface area (Å²) in [5.41, 5.74) is -0.828. The number of halogens is 1. The van der Waals surface area contributed by atoms with Crippen molar-refractivity contribution in [3.05, 3.63) is 35.6 Å². The van der Waals surface area contributed by atoms with Gasteiger partial charge < -0.3 is 15.7 Å². The molecule has 0 aliphatic carbocycles. The van der Waals surface area contributed by atoms with Gasteiger partial charge in [-0.15, -0.1) is 0 Å². The maximum Gasteiger partial charge on any atom is 0.242 e. The number of hydrogen-bond donors (Lipinski definition) is 3. The maximum absolute atomic E-state index is 12.8. The summed E-state index contributed by atoms with van der Waals surface area (Å²) in [6.07, 6.45) is 0. The van der Waals surface area contributed by atoms with Gasteiger partial charge in [0.05, 0.1) is 6.54 Å². The number of rotatable bonds is 5. The second-order valence-electron chi connectivity index (χ2n) is 4.92. The van der Waals surface area contributed by atoms with Gasteiger partial charge >= 0.3 is 0 Å². The van der Waals surface area contributed by atoms with Gasteiger partial charge in [-0.25, -0.2) is 4.39 Å². The Morgan fingerprint density at radius 3 is 2.40 bits per heavy atom. The summed E-state index contributed by atoms with van der Waals surface area (Å²) in [5.74, 6) is -1.10. The van der Waals surface area contributed by atoms with Gasteiger partial charge in [-0.1, -0.05) is 12.1 Å². The highest BCUT2D eigenvalue weighted by atomic mass is 19.1. The van der Waals surface area contributed by atoms with Gasteiger partial charge in [0.25, 0.3) is 0 Å². The van der Waals surface area contributed by atoms with E-state index in [9.17, 15) is 19.1 Å². The van der Waals surface area contributed by atoms with E-state index in [-0.39, 0.29) is 12.5 Å². The van der Waals surface area contributed by atoms with E-state index in [0.717, 1.165) is 0 Å². The van der Waals surface area contributed by atoms with E-state index in [1.807, 2.05) is 0 Å². The largest absolute Gasteiger partial charge is 0.384 e. The fourth-order valence-electron chi connectivity index (χ4n) is 1.69.